The van der Waals surface area contributed by atoms with E-state index in [4.69, 9.17) is 4.74 Å². The number of ketones is 2. The third-order valence-corrected chi connectivity index (χ3v) is 23.2. The lowest BCUT2D eigenvalue weighted by Gasteiger charge is -2.40. The lowest BCUT2D eigenvalue weighted by Crippen LogP contribution is -2.40. The SMILES string of the molecule is CCC[C@H]1[C@H]2C[C@H]3C[C@@H]4C#C[C@@H](c5cc(O)c(OC)cc5CCC(=O)[C@H](O)C(=O)[C@@H]4C2)c2ccccc2[C@@H]2C[C@@H](C)[C@H](Cc4cccc(O)c4)[C@@H](C#C[C@H](CNC)[C@@H]3C3=CCNC(=C3)Nc3cc4c(O)c(ccc4cc3Cc3ccccc3)C[C@@H](O)CNC[C@@H](C)c3c[nH]c(c3)C[C@H]1O)C2. The Morgan fingerprint density at radius 1 is 0.720 bits per heavy atom. The number of aromatic hydroxyl groups is 3. The molecule has 3 heterocycles. The number of aliphatic hydroxyl groups is 3. The molecule has 0 unspecified atom stereocenters. The number of aromatic nitrogens is 1. The van der Waals surface area contributed by atoms with Crippen LogP contribution in [-0.2, 0) is 41.7 Å². The molecule has 0 amide bonds. The molecular weight excluding hydrogens is 1250 g/mol. The fourth-order valence-electron chi connectivity index (χ4n) is 18.2. The van der Waals surface area contributed by atoms with Crippen molar-refractivity contribution in [3.05, 3.63) is 207 Å². The van der Waals surface area contributed by atoms with Gasteiger partial charge >= 0.3 is 0 Å². The average molecular weight is 1350 g/mol. The number of rotatable bonds is 9. The number of carbonyl (C=O) groups is 2. The summed E-state index contributed by atoms with van der Waals surface area (Å²) in [6, 6.07) is 40.3. The maximum Gasteiger partial charge on any atom is 0.173 e. The van der Waals surface area contributed by atoms with Crippen LogP contribution < -0.4 is 26.0 Å². The lowest BCUT2D eigenvalue weighted by molar-refractivity contribution is -0.142. The summed E-state index contributed by atoms with van der Waals surface area (Å²) >= 11 is 0. The van der Waals surface area contributed by atoms with E-state index < -0.39 is 47.6 Å². The van der Waals surface area contributed by atoms with E-state index in [0.717, 1.165) is 98.4 Å². The summed E-state index contributed by atoms with van der Waals surface area (Å²) in [5, 5.41) is 88.5. The van der Waals surface area contributed by atoms with Crippen molar-refractivity contribution in [2.45, 2.75) is 140 Å². The van der Waals surface area contributed by atoms with Gasteiger partial charge in [0, 0.05) is 98.0 Å². The van der Waals surface area contributed by atoms with Crippen LogP contribution in [-0.4, -0.2) is 106 Å². The molecule has 2 saturated carbocycles. The Balaban J connectivity index is 1.05. The molecule has 4 aliphatic carbocycles. The summed E-state index contributed by atoms with van der Waals surface area (Å²) in [5.41, 5.74) is 11.2. The second-order valence-corrected chi connectivity index (χ2v) is 29.9. The number of nitrogens with one attached hydrogen (secondary N) is 5. The Bertz CT molecular complexity index is 4300. The molecule has 6 aromatic carbocycles. The van der Waals surface area contributed by atoms with Crippen molar-refractivity contribution in [2.24, 2.45) is 59.2 Å². The van der Waals surface area contributed by atoms with Crippen LogP contribution in [0.2, 0.25) is 0 Å². The molecule has 0 spiro atoms. The molecule has 2 aliphatic heterocycles. The number of carbonyl (C=O) groups excluding carboxylic acids is 2. The number of H-pyrrole nitrogens is 1. The molecule has 14 nitrogen and oxygen atoms in total. The monoisotopic (exact) mass is 1350 g/mol. The van der Waals surface area contributed by atoms with Crippen LogP contribution in [0, 0.1) is 82.9 Å². The van der Waals surface area contributed by atoms with E-state index in [0.29, 0.717) is 69.2 Å². The molecule has 0 radical (unpaired) electrons. The van der Waals surface area contributed by atoms with E-state index >= 15 is 4.79 Å². The van der Waals surface area contributed by atoms with Crippen LogP contribution in [0.1, 0.15) is 146 Å². The van der Waals surface area contributed by atoms with Gasteiger partial charge in [-0.15, -0.1) is 0 Å². The minimum Gasteiger partial charge on any atom is -0.508 e. The number of phenols is 3. The average Bonchev–Trinajstić information content (AvgIpc) is 1.18. The van der Waals surface area contributed by atoms with Gasteiger partial charge in [-0.3, -0.25) is 9.59 Å². The second kappa shape index (κ2) is 31.1. The van der Waals surface area contributed by atoms with Crippen LogP contribution >= 0.6 is 0 Å². The summed E-state index contributed by atoms with van der Waals surface area (Å²) in [6.07, 6.45) is 9.10. The number of benzene rings is 6. The van der Waals surface area contributed by atoms with Crippen LogP contribution in [0.15, 0.2) is 151 Å². The molecule has 7 aromatic rings. The molecule has 14 heteroatoms. The highest BCUT2D eigenvalue weighted by Gasteiger charge is 2.47. The van der Waals surface area contributed by atoms with E-state index in [1.165, 1.54) is 7.11 Å². The molecular formula is C86H99N5O9. The molecule has 13 bridgehead atoms. The number of aryl methyl sites for hydroxylation is 1. The van der Waals surface area contributed by atoms with E-state index in [-0.39, 0.29) is 108 Å². The first-order valence-corrected chi connectivity index (χ1v) is 36.7. The number of Topliss-reactive ketones (excluding diaryl/α,β-unsaturated/α-hetero) is 2. The van der Waals surface area contributed by atoms with Gasteiger partial charge in [-0.25, -0.2) is 0 Å². The number of anilines is 1. The molecule has 6 aliphatic rings. The van der Waals surface area contributed by atoms with Gasteiger partial charge in [-0.1, -0.05) is 136 Å². The molecule has 11 N–H and O–H groups in total. The van der Waals surface area contributed by atoms with Gasteiger partial charge in [0.15, 0.2) is 29.2 Å². The molecule has 100 heavy (non-hydrogen) atoms. The minimum atomic E-state index is -1.92. The van der Waals surface area contributed by atoms with Crippen molar-refractivity contribution < 1.29 is 45.0 Å². The van der Waals surface area contributed by atoms with Crippen molar-refractivity contribution in [3.63, 3.8) is 0 Å². The number of ether oxygens (including phenoxy) is 1. The molecule has 1 aromatic heterocycles. The van der Waals surface area contributed by atoms with Gasteiger partial charge in [0.1, 0.15) is 17.3 Å². The first-order valence-electron chi connectivity index (χ1n) is 36.7. The number of β-amino-alcohol motifs (C(OH)–C–C–N with tert-alkyl or cyclic N) is 1. The largest absolute Gasteiger partial charge is 0.508 e. The summed E-state index contributed by atoms with van der Waals surface area (Å²) in [5.74, 6) is 12.7. The van der Waals surface area contributed by atoms with Crippen LogP contribution in [0.25, 0.3) is 10.8 Å². The molecule has 2 fully saturated rings. The van der Waals surface area contributed by atoms with Gasteiger partial charge in [0.2, 0.25) is 0 Å². The molecule has 522 valence electrons. The Labute approximate surface area is 589 Å². The number of allylic oxidation sites excluding steroid dienone is 2. The number of fused-ring (bicyclic) bond motifs is 15. The third-order valence-electron chi connectivity index (χ3n) is 23.2. The summed E-state index contributed by atoms with van der Waals surface area (Å²) < 4.78 is 5.76. The maximum absolute atomic E-state index is 15.9. The van der Waals surface area contributed by atoms with Crippen molar-refractivity contribution in [1.82, 2.24) is 20.9 Å². The summed E-state index contributed by atoms with van der Waals surface area (Å²) in [6.45, 7) is 8.48. The maximum atomic E-state index is 15.9. The van der Waals surface area contributed by atoms with E-state index in [9.17, 15) is 35.4 Å². The van der Waals surface area contributed by atoms with Gasteiger partial charge in [0.05, 0.1) is 25.2 Å². The highest BCUT2D eigenvalue weighted by molar-refractivity contribution is 6.06. The molecule has 16 atom stereocenters. The van der Waals surface area contributed by atoms with Crippen molar-refractivity contribution in [3.8, 4) is 46.7 Å². The normalized spacial score (nSPS) is 28.8. The number of methoxy groups -OCH3 is 1. The Morgan fingerprint density at radius 2 is 1.52 bits per heavy atom. The topological polar surface area (TPSA) is 229 Å². The van der Waals surface area contributed by atoms with E-state index in [1.807, 2.05) is 61.8 Å². The number of phenolic OH excluding ortho intramolecular Hbond substituents is 3. The fourth-order valence-corrected chi connectivity index (χ4v) is 18.2. The van der Waals surface area contributed by atoms with Crippen molar-refractivity contribution in [2.75, 3.05) is 45.7 Å². The number of hydrogen-bond acceptors (Lipinski definition) is 13. The van der Waals surface area contributed by atoms with Gasteiger partial charge in [0.25, 0.3) is 0 Å². The smallest absolute Gasteiger partial charge is 0.173 e. The van der Waals surface area contributed by atoms with Crippen LogP contribution in [0.4, 0.5) is 5.69 Å². The Kier molecular flexibility index (Phi) is 21.7. The number of hydrogen-bond donors (Lipinski definition) is 11. The number of aliphatic hydroxyl groups excluding tert-OH is 3. The van der Waals surface area contributed by atoms with Crippen molar-refractivity contribution in [1.29, 1.82) is 0 Å². The highest BCUT2D eigenvalue weighted by Crippen LogP contribution is 2.52. The molecule has 0 saturated heterocycles. The number of dihydropyridines is 1. The predicted octanol–water partition coefficient (Wildman–Crippen LogP) is 12.7. The zero-order chi connectivity index (χ0) is 69.7. The highest BCUT2D eigenvalue weighted by atomic mass is 16.5. The lowest BCUT2D eigenvalue weighted by atomic mass is 9.64. The van der Waals surface area contributed by atoms with Gasteiger partial charge < -0.3 is 61.6 Å². The van der Waals surface area contributed by atoms with Gasteiger partial charge in [-0.2, -0.15) is 0 Å². The van der Waals surface area contributed by atoms with Gasteiger partial charge in [-0.05, 0) is 216 Å². The summed E-state index contributed by atoms with van der Waals surface area (Å²) in [7, 11) is 3.49. The summed E-state index contributed by atoms with van der Waals surface area (Å²) in [4.78, 5) is 34.3. The molecule has 13 rings (SSSR count). The third kappa shape index (κ3) is 15.3. The van der Waals surface area contributed by atoms with Crippen LogP contribution in [0.3, 0.4) is 0 Å². The zero-order valence-electron chi connectivity index (χ0n) is 58.4. The van der Waals surface area contributed by atoms with Crippen molar-refractivity contribution >= 4 is 28.0 Å². The number of aromatic amines is 1. The Morgan fingerprint density at radius 3 is 2.32 bits per heavy atom. The van der Waals surface area contributed by atoms with E-state index in [2.05, 4.69) is 137 Å². The predicted molar refractivity (Wildman–Crippen MR) is 394 cm³/mol. The standard InChI is InChI=1S/C86H99N5O9/c1-6-13-70-62-37-64-36-56-24-26-72(74-45-80(96)81(100-5)41-57(74)25-27-78(94)86(99)85(98)75(56)40-62)71-19-11-10-18-69(71)61-30-50(2)73(33-53-16-12-17-67(92)32-53)54(34-61)21-23-60(47-87-4)83(64)58-28-29-89-82(42-58)91-77-44-76-55(35-63(77)31-52-14-8-7-9-15-52)20-22-59(84(76)97)39-68(93)49-88-46-51(3)65-38-66(90-48-65)43-79(70)95/h7-12,14-20,22,28,32,35,38,41-42,44-45,48,50-51,54,56,60-62,64,68,70,72-73,75,79,83,86-93,95-97,99H,6,13,25,27,29-31,33-34,36-37,39-40,43,46-47,49H2,1-5H3/t50-,51-,54+,56+,60-,61-,62+,64-,68-,70+,72-,73+,75-,79-,83+,86+/m1/s1. The van der Waals surface area contributed by atoms with Crippen LogP contribution in [0.5, 0.6) is 23.0 Å². The van der Waals surface area contributed by atoms with E-state index in [1.54, 1.807) is 18.2 Å². The zero-order valence-corrected chi connectivity index (χ0v) is 58.4. The first kappa shape index (κ1) is 69.9. The fraction of sp³-hybridized carbons (Fsp3) is 0.442. The first-order chi connectivity index (χ1) is 48.5. The second-order valence-electron chi connectivity index (χ2n) is 29.9. The minimum absolute atomic E-state index is 0.0363. The quantitative estimate of drug-likeness (QED) is 0.0478. The Hall–Kier alpha value is -8.60.